The van der Waals surface area contributed by atoms with Crippen molar-refractivity contribution < 1.29 is 9.59 Å². The maximum absolute atomic E-state index is 11.5. The zero-order valence-electron chi connectivity index (χ0n) is 7.11. The van der Waals surface area contributed by atoms with Crippen LogP contribution in [0.3, 0.4) is 0 Å². The molecule has 72 valence electrons. The summed E-state index contributed by atoms with van der Waals surface area (Å²) < 4.78 is 0. The van der Waals surface area contributed by atoms with E-state index < -0.39 is 11.8 Å². The van der Waals surface area contributed by atoms with E-state index in [4.69, 9.17) is 11.6 Å². The van der Waals surface area contributed by atoms with Crippen molar-refractivity contribution in [3.8, 4) is 0 Å². The Labute approximate surface area is 84.7 Å². The SMILES string of the molecule is O=C1c2nccnc2C(=O)N1CCCl. The molecule has 0 aliphatic carbocycles. The van der Waals surface area contributed by atoms with Crippen LogP contribution in [-0.2, 0) is 0 Å². The highest BCUT2D eigenvalue weighted by atomic mass is 35.5. The molecular weight excluding hydrogens is 206 g/mol. The quantitative estimate of drug-likeness (QED) is 0.522. The van der Waals surface area contributed by atoms with E-state index in [2.05, 4.69) is 9.97 Å². The number of rotatable bonds is 2. The van der Waals surface area contributed by atoms with Gasteiger partial charge >= 0.3 is 0 Å². The molecule has 5 nitrogen and oxygen atoms in total. The van der Waals surface area contributed by atoms with Crippen molar-refractivity contribution in [3.63, 3.8) is 0 Å². The van der Waals surface area contributed by atoms with E-state index in [9.17, 15) is 9.59 Å². The molecule has 1 aliphatic rings. The molecule has 0 radical (unpaired) electrons. The lowest BCUT2D eigenvalue weighted by atomic mass is 10.3. The van der Waals surface area contributed by atoms with Crippen molar-refractivity contribution in [2.75, 3.05) is 12.4 Å². The summed E-state index contributed by atoms with van der Waals surface area (Å²) in [4.78, 5) is 31.7. The van der Waals surface area contributed by atoms with E-state index >= 15 is 0 Å². The Hall–Kier alpha value is -1.49. The summed E-state index contributed by atoms with van der Waals surface area (Å²) in [5.41, 5.74) is 0.227. The molecule has 1 aromatic rings. The minimum atomic E-state index is -0.418. The van der Waals surface area contributed by atoms with Crippen LogP contribution in [-0.4, -0.2) is 39.1 Å². The van der Waals surface area contributed by atoms with Gasteiger partial charge in [-0.2, -0.15) is 0 Å². The molecule has 0 saturated heterocycles. The minimum absolute atomic E-state index is 0.114. The number of hydrogen-bond donors (Lipinski definition) is 0. The summed E-state index contributed by atoms with van der Waals surface area (Å²) in [6.07, 6.45) is 2.77. The van der Waals surface area contributed by atoms with Crippen LogP contribution in [0.4, 0.5) is 0 Å². The average molecular weight is 212 g/mol. The largest absolute Gasteiger partial charge is 0.281 e. The van der Waals surface area contributed by atoms with Gasteiger partial charge in [-0.15, -0.1) is 11.6 Å². The Balaban J connectivity index is 2.43. The summed E-state index contributed by atoms with van der Waals surface area (Å²) in [5, 5.41) is 0. The van der Waals surface area contributed by atoms with Crippen LogP contribution in [0, 0.1) is 0 Å². The molecule has 0 N–H and O–H groups in total. The first-order chi connectivity index (χ1) is 6.75. The molecule has 0 atom stereocenters. The maximum atomic E-state index is 11.5. The second-order valence-corrected chi connectivity index (χ2v) is 3.08. The molecule has 0 fully saturated rings. The van der Waals surface area contributed by atoms with Gasteiger partial charge in [-0.05, 0) is 0 Å². The number of carbonyl (C=O) groups excluding carboxylic acids is 2. The van der Waals surface area contributed by atoms with Gasteiger partial charge in [-0.3, -0.25) is 14.5 Å². The van der Waals surface area contributed by atoms with Gasteiger partial charge in [0, 0.05) is 24.8 Å². The fourth-order valence-corrected chi connectivity index (χ4v) is 1.46. The summed E-state index contributed by atoms with van der Waals surface area (Å²) in [5.74, 6) is -0.622. The third kappa shape index (κ3) is 1.17. The Morgan fingerprint density at radius 3 is 2.07 bits per heavy atom. The summed E-state index contributed by atoms with van der Waals surface area (Å²) in [6, 6.07) is 0. The second-order valence-electron chi connectivity index (χ2n) is 2.70. The van der Waals surface area contributed by atoms with E-state index in [0.29, 0.717) is 0 Å². The average Bonchev–Trinajstić information content (AvgIpc) is 2.45. The van der Waals surface area contributed by atoms with E-state index in [0.717, 1.165) is 4.90 Å². The number of hydrogen-bond acceptors (Lipinski definition) is 4. The highest BCUT2D eigenvalue weighted by Crippen LogP contribution is 2.17. The number of amides is 2. The van der Waals surface area contributed by atoms with E-state index in [-0.39, 0.29) is 23.8 Å². The third-order valence-electron chi connectivity index (χ3n) is 1.90. The van der Waals surface area contributed by atoms with E-state index in [1.165, 1.54) is 12.4 Å². The maximum Gasteiger partial charge on any atom is 0.281 e. The molecule has 2 heterocycles. The molecule has 1 aromatic heterocycles. The third-order valence-corrected chi connectivity index (χ3v) is 2.07. The first-order valence-electron chi connectivity index (χ1n) is 3.99. The van der Waals surface area contributed by atoms with Gasteiger partial charge in [0.05, 0.1) is 0 Å². The highest BCUT2D eigenvalue weighted by Gasteiger charge is 2.37. The molecule has 0 spiro atoms. The molecule has 14 heavy (non-hydrogen) atoms. The molecule has 6 heteroatoms. The van der Waals surface area contributed by atoms with Crippen molar-refractivity contribution in [3.05, 3.63) is 23.8 Å². The van der Waals surface area contributed by atoms with Crippen molar-refractivity contribution in [1.29, 1.82) is 0 Å². The van der Waals surface area contributed by atoms with Gasteiger partial charge in [0.2, 0.25) is 0 Å². The van der Waals surface area contributed by atoms with Gasteiger partial charge < -0.3 is 0 Å². The standard InChI is InChI=1S/C8H6ClN3O2/c9-1-4-12-7(13)5-6(8(12)14)11-3-2-10-5/h2-3H,1,4H2. The fourth-order valence-electron chi connectivity index (χ4n) is 1.29. The van der Waals surface area contributed by atoms with Crippen molar-refractivity contribution >= 4 is 23.4 Å². The topological polar surface area (TPSA) is 63.2 Å². The van der Waals surface area contributed by atoms with Gasteiger partial charge in [-0.25, -0.2) is 9.97 Å². The van der Waals surface area contributed by atoms with Gasteiger partial charge in [0.1, 0.15) is 0 Å². The molecule has 0 unspecified atom stereocenters. The predicted octanol–water partition coefficient (Wildman–Crippen LogP) is 0.311. The van der Waals surface area contributed by atoms with Crippen LogP contribution in [0.2, 0.25) is 0 Å². The first kappa shape index (κ1) is 9.08. The first-order valence-corrected chi connectivity index (χ1v) is 4.52. The monoisotopic (exact) mass is 211 g/mol. The Bertz CT molecular complexity index is 372. The van der Waals surface area contributed by atoms with Crippen LogP contribution in [0.5, 0.6) is 0 Å². The molecule has 0 aromatic carbocycles. The molecule has 0 bridgehead atoms. The van der Waals surface area contributed by atoms with Crippen LogP contribution in [0.25, 0.3) is 0 Å². The molecule has 2 rings (SSSR count). The number of nitrogens with zero attached hydrogens (tertiary/aromatic N) is 3. The van der Waals surface area contributed by atoms with Crippen molar-refractivity contribution in [2.24, 2.45) is 0 Å². The van der Waals surface area contributed by atoms with Crippen LogP contribution >= 0.6 is 11.6 Å². The van der Waals surface area contributed by atoms with Crippen LogP contribution < -0.4 is 0 Å². The number of halogens is 1. The zero-order chi connectivity index (χ0) is 10.1. The fraction of sp³-hybridized carbons (Fsp3) is 0.250. The van der Waals surface area contributed by atoms with Crippen molar-refractivity contribution in [1.82, 2.24) is 14.9 Å². The lowest BCUT2D eigenvalue weighted by Crippen LogP contribution is -2.31. The lowest BCUT2D eigenvalue weighted by Gasteiger charge is -2.09. The number of alkyl halides is 1. The molecule has 1 aliphatic heterocycles. The minimum Gasteiger partial charge on any atom is -0.270 e. The van der Waals surface area contributed by atoms with Crippen molar-refractivity contribution in [2.45, 2.75) is 0 Å². The number of aromatic nitrogens is 2. The second kappa shape index (κ2) is 3.34. The molecular formula is C8H6ClN3O2. The normalized spacial score (nSPS) is 14.8. The molecule has 2 amide bonds. The number of imide groups is 1. The Morgan fingerprint density at radius 2 is 1.64 bits per heavy atom. The van der Waals surface area contributed by atoms with E-state index in [1.807, 2.05) is 0 Å². The number of fused-ring (bicyclic) bond motifs is 1. The number of carbonyl (C=O) groups is 2. The van der Waals surface area contributed by atoms with Gasteiger partial charge in [0.25, 0.3) is 11.8 Å². The predicted molar refractivity (Wildman–Crippen MR) is 48.1 cm³/mol. The van der Waals surface area contributed by atoms with Crippen LogP contribution in [0.1, 0.15) is 21.0 Å². The lowest BCUT2D eigenvalue weighted by molar-refractivity contribution is 0.0660. The Morgan fingerprint density at radius 1 is 1.14 bits per heavy atom. The summed E-state index contributed by atoms with van der Waals surface area (Å²) >= 11 is 5.47. The summed E-state index contributed by atoms with van der Waals surface area (Å²) in [7, 11) is 0. The molecule has 0 saturated carbocycles. The van der Waals surface area contributed by atoms with Crippen LogP contribution in [0.15, 0.2) is 12.4 Å². The van der Waals surface area contributed by atoms with Gasteiger partial charge in [-0.1, -0.05) is 0 Å². The summed E-state index contributed by atoms with van der Waals surface area (Å²) in [6.45, 7) is 0.192. The zero-order valence-corrected chi connectivity index (χ0v) is 7.86. The van der Waals surface area contributed by atoms with E-state index in [1.54, 1.807) is 0 Å². The van der Waals surface area contributed by atoms with Gasteiger partial charge in [0.15, 0.2) is 11.4 Å². The Kier molecular flexibility index (Phi) is 2.17. The smallest absolute Gasteiger partial charge is 0.270 e. The highest BCUT2D eigenvalue weighted by molar-refractivity contribution is 6.21.